The van der Waals surface area contributed by atoms with Crippen molar-refractivity contribution in [1.82, 2.24) is 20.3 Å². The summed E-state index contributed by atoms with van der Waals surface area (Å²) in [5, 5.41) is 5.40. The molecule has 0 saturated heterocycles. The van der Waals surface area contributed by atoms with E-state index < -0.39 is 30.8 Å². The fourth-order valence-corrected chi connectivity index (χ4v) is 2.57. The Bertz CT molecular complexity index is 843. The number of anilines is 1. The molecule has 28 heavy (non-hydrogen) atoms. The number of Topliss-reactive ketones (excluding diaryl/α,β-unsaturated/α-hetero) is 1. The fraction of sp³-hybridized carbons (Fsp3) is 0.444. The van der Waals surface area contributed by atoms with Crippen LogP contribution in [0.25, 0.3) is 11.4 Å². The Kier molecular flexibility index (Phi) is 6.76. The molecular weight excluding hydrogens is 375 g/mol. The van der Waals surface area contributed by atoms with E-state index in [2.05, 4.69) is 25.6 Å². The lowest BCUT2D eigenvalue weighted by Crippen LogP contribution is -2.35. The van der Waals surface area contributed by atoms with Crippen LogP contribution >= 0.6 is 0 Å². The SMILES string of the molecule is CNC(=O)c1cc(-c2nccc(N[C@@H](C(=O)CCC(F)(F)F)C(C)C)n2)c[nH]1.[HH].[HH]. The summed E-state index contributed by atoms with van der Waals surface area (Å²) in [6, 6.07) is 2.30. The van der Waals surface area contributed by atoms with Crippen LogP contribution in [0.1, 0.15) is 40.0 Å². The number of carbonyl (C=O) groups is 2. The molecule has 0 radical (unpaired) electrons. The number of halogens is 3. The summed E-state index contributed by atoms with van der Waals surface area (Å²) >= 11 is 0. The summed E-state index contributed by atoms with van der Waals surface area (Å²) < 4.78 is 37.2. The van der Waals surface area contributed by atoms with Crippen molar-refractivity contribution < 1.29 is 25.6 Å². The smallest absolute Gasteiger partial charge is 0.360 e. The van der Waals surface area contributed by atoms with Gasteiger partial charge in [-0.05, 0) is 18.1 Å². The van der Waals surface area contributed by atoms with Gasteiger partial charge in [0.25, 0.3) is 5.91 Å². The molecule has 0 aliphatic rings. The Labute approximate surface area is 163 Å². The number of aromatic nitrogens is 3. The van der Waals surface area contributed by atoms with Crippen LogP contribution in [0, 0.1) is 5.92 Å². The lowest BCUT2D eigenvalue weighted by Gasteiger charge is -2.22. The van der Waals surface area contributed by atoms with Gasteiger partial charge in [0, 0.05) is 34.3 Å². The number of hydrogen-bond donors (Lipinski definition) is 3. The summed E-state index contributed by atoms with van der Waals surface area (Å²) in [4.78, 5) is 35.1. The van der Waals surface area contributed by atoms with E-state index in [1.807, 2.05) is 0 Å². The van der Waals surface area contributed by atoms with Gasteiger partial charge < -0.3 is 15.6 Å². The van der Waals surface area contributed by atoms with E-state index in [0.717, 1.165) is 0 Å². The molecule has 1 atom stereocenters. The van der Waals surface area contributed by atoms with Crippen molar-refractivity contribution in [2.75, 3.05) is 12.4 Å². The molecule has 10 heteroatoms. The molecule has 0 bridgehead atoms. The first kappa shape index (κ1) is 21.4. The molecule has 0 unspecified atom stereocenters. The largest absolute Gasteiger partial charge is 0.389 e. The molecule has 7 nitrogen and oxygen atoms in total. The second-order valence-electron chi connectivity index (χ2n) is 6.59. The van der Waals surface area contributed by atoms with Gasteiger partial charge in [-0.1, -0.05) is 13.8 Å². The normalized spacial score (nSPS) is 12.7. The lowest BCUT2D eigenvalue weighted by atomic mass is 9.97. The molecule has 0 fully saturated rings. The summed E-state index contributed by atoms with van der Waals surface area (Å²) in [5.74, 6) is -0.439. The third-order valence-electron chi connectivity index (χ3n) is 4.04. The quantitative estimate of drug-likeness (QED) is 0.627. The van der Waals surface area contributed by atoms with Crippen molar-refractivity contribution in [3.63, 3.8) is 0 Å². The number of nitrogens with one attached hydrogen (secondary N) is 3. The highest BCUT2D eigenvalue weighted by atomic mass is 19.4. The number of hydrogen-bond acceptors (Lipinski definition) is 5. The van der Waals surface area contributed by atoms with Crippen LogP contribution in [0.4, 0.5) is 19.0 Å². The summed E-state index contributed by atoms with van der Waals surface area (Å²) in [7, 11) is 1.51. The monoisotopic (exact) mass is 401 g/mol. The summed E-state index contributed by atoms with van der Waals surface area (Å²) in [6.07, 6.45) is -3.09. The first-order valence-electron chi connectivity index (χ1n) is 8.70. The lowest BCUT2D eigenvalue weighted by molar-refractivity contribution is -0.143. The Morgan fingerprint density at radius 2 is 2.04 bits per heavy atom. The molecule has 1 amide bonds. The predicted octanol–water partition coefficient (Wildman–Crippen LogP) is 3.67. The number of carbonyl (C=O) groups excluding carboxylic acids is 2. The van der Waals surface area contributed by atoms with Gasteiger partial charge in [-0.25, -0.2) is 9.97 Å². The van der Waals surface area contributed by atoms with Crippen molar-refractivity contribution in [3.05, 3.63) is 30.2 Å². The number of nitrogens with zero attached hydrogens (tertiary/aromatic N) is 2. The molecule has 2 aromatic rings. The molecule has 2 aromatic heterocycles. The molecule has 0 aromatic carbocycles. The van der Waals surface area contributed by atoms with E-state index in [0.29, 0.717) is 22.9 Å². The van der Waals surface area contributed by atoms with Crippen LogP contribution in [-0.2, 0) is 4.79 Å². The predicted molar refractivity (Wildman–Crippen MR) is 102 cm³/mol. The standard InChI is InChI=1S/C18H22F3N5O2.2H2/c1-10(2)15(13(27)4-6-18(19,20)21)25-14-5-7-23-16(26-14)11-8-12(24-9-11)17(28)22-3;;/h5,7-10,15,24H,4,6H2,1-3H3,(H,22,28)(H,23,25,26);2*1H/t15-;;/m1../s1. The molecule has 3 N–H and O–H groups in total. The van der Waals surface area contributed by atoms with Crippen LogP contribution in [0.15, 0.2) is 24.5 Å². The second-order valence-corrected chi connectivity index (χ2v) is 6.59. The zero-order valence-electron chi connectivity index (χ0n) is 15.7. The van der Waals surface area contributed by atoms with E-state index in [4.69, 9.17) is 0 Å². The van der Waals surface area contributed by atoms with Gasteiger partial charge in [-0.15, -0.1) is 0 Å². The third kappa shape index (κ3) is 5.80. The van der Waals surface area contributed by atoms with Crippen LogP contribution in [0.2, 0.25) is 0 Å². The molecule has 0 saturated carbocycles. The zero-order valence-corrected chi connectivity index (χ0v) is 15.7. The molecule has 0 spiro atoms. The van der Waals surface area contributed by atoms with E-state index >= 15 is 0 Å². The van der Waals surface area contributed by atoms with Gasteiger partial charge in [0.2, 0.25) is 0 Å². The molecule has 0 aliphatic carbocycles. The fourth-order valence-electron chi connectivity index (χ4n) is 2.57. The highest BCUT2D eigenvalue weighted by Gasteiger charge is 2.31. The van der Waals surface area contributed by atoms with Crippen molar-refractivity contribution in [1.29, 1.82) is 0 Å². The van der Waals surface area contributed by atoms with Crippen molar-refractivity contribution in [2.45, 2.75) is 38.9 Å². The number of H-pyrrole nitrogens is 1. The Morgan fingerprint density at radius 1 is 1.32 bits per heavy atom. The molecule has 2 rings (SSSR count). The second kappa shape index (κ2) is 8.85. The van der Waals surface area contributed by atoms with Gasteiger partial charge in [-0.3, -0.25) is 9.59 Å². The van der Waals surface area contributed by atoms with Gasteiger partial charge in [0.15, 0.2) is 11.6 Å². The number of ketones is 1. The van der Waals surface area contributed by atoms with Gasteiger partial charge in [0.1, 0.15) is 11.5 Å². The van der Waals surface area contributed by atoms with E-state index in [1.54, 1.807) is 26.1 Å². The van der Waals surface area contributed by atoms with E-state index in [9.17, 15) is 22.8 Å². The summed E-state index contributed by atoms with van der Waals surface area (Å²) in [5.41, 5.74) is 0.897. The average Bonchev–Trinajstić information content (AvgIpc) is 3.13. The van der Waals surface area contributed by atoms with Gasteiger partial charge >= 0.3 is 6.18 Å². The van der Waals surface area contributed by atoms with Crippen LogP contribution in [0.5, 0.6) is 0 Å². The van der Waals surface area contributed by atoms with E-state index in [1.165, 1.54) is 19.3 Å². The number of alkyl halides is 3. The molecule has 2 heterocycles. The van der Waals surface area contributed by atoms with Gasteiger partial charge in [-0.2, -0.15) is 13.2 Å². The van der Waals surface area contributed by atoms with Crippen molar-refractivity contribution in [2.24, 2.45) is 5.92 Å². The third-order valence-corrected chi connectivity index (χ3v) is 4.04. The van der Waals surface area contributed by atoms with Crippen molar-refractivity contribution >= 4 is 17.5 Å². The Hall–Kier alpha value is -2.91. The number of aromatic amines is 1. The summed E-state index contributed by atoms with van der Waals surface area (Å²) in [6.45, 7) is 3.49. The first-order valence-corrected chi connectivity index (χ1v) is 8.70. The minimum atomic E-state index is -4.38. The number of amides is 1. The highest BCUT2D eigenvalue weighted by Crippen LogP contribution is 2.24. The molecule has 0 aliphatic heterocycles. The molecule has 156 valence electrons. The Balaban J connectivity index is 0.00000420. The highest BCUT2D eigenvalue weighted by molar-refractivity contribution is 5.93. The maximum absolute atomic E-state index is 12.4. The topological polar surface area (TPSA) is 99.8 Å². The van der Waals surface area contributed by atoms with Crippen LogP contribution < -0.4 is 10.6 Å². The first-order chi connectivity index (χ1) is 13.1. The Morgan fingerprint density at radius 3 is 2.64 bits per heavy atom. The van der Waals surface area contributed by atoms with Crippen LogP contribution in [-0.4, -0.2) is 45.9 Å². The van der Waals surface area contributed by atoms with Gasteiger partial charge in [0.05, 0.1) is 12.5 Å². The average molecular weight is 401 g/mol. The van der Waals surface area contributed by atoms with Crippen LogP contribution in [0.3, 0.4) is 0 Å². The minimum absolute atomic E-state index is 0. The zero-order chi connectivity index (χ0) is 20.9. The minimum Gasteiger partial charge on any atom is -0.360 e. The van der Waals surface area contributed by atoms with E-state index in [-0.39, 0.29) is 14.7 Å². The number of rotatable bonds is 8. The maximum atomic E-state index is 12.4. The molecular formula is C18H26F3N5O2. The van der Waals surface area contributed by atoms with Crippen molar-refractivity contribution in [3.8, 4) is 11.4 Å². The maximum Gasteiger partial charge on any atom is 0.389 e.